The van der Waals surface area contributed by atoms with E-state index >= 15 is 0 Å². The molecule has 0 aliphatic heterocycles. The predicted molar refractivity (Wildman–Crippen MR) is 76.9 cm³/mol. The van der Waals surface area contributed by atoms with Crippen LogP contribution < -0.4 is 0 Å². The van der Waals surface area contributed by atoms with Gasteiger partial charge in [-0.3, -0.25) is 4.90 Å². The van der Waals surface area contributed by atoms with Crippen molar-refractivity contribution in [2.75, 3.05) is 20.4 Å². The van der Waals surface area contributed by atoms with Crippen molar-refractivity contribution in [1.29, 1.82) is 0 Å². The average molecular weight is 251 g/mol. The zero-order valence-corrected chi connectivity index (χ0v) is 12.6. The van der Waals surface area contributed by atoms with E-state index in [1.54, 1.807) is 7.11 Å². The summed E-state index contributed by atoms with van der Waals surface area (Å²) in [5, 5.41) is 0. The van der Waals surface area contributed by atoms with Crippen molar-refractivity contribution < 1.29 is 4.74 Å². The number of hydrogen-bond acceptors (Lipinski definition) is 2. The normalized spacial score (nSPS) is 12.1. The zero-order chi connectivity index (χ0) is 12.7. The van der Waals surface area contributed by atoms with E-state index < -0.39 is 8.07 Å². The lowest BCUT2D eigenvalue weighted by Gasteiger charge is -2.25. The molecule has 0 aliphatic rings. The largest absolute Gasteiger partial charge is 0.369 e. The first-order valence-electron chi connectivity index (χ1n) is 6.26. The van der Waals surface area contributed by atoms with Gasteiger partial charge in [0.25, 0.3) is 0 Å². The summed E-state index contributed by atoms with van der Waals surface area (Å²) in [6.07, 6.45) is 0. The van der Waals surface area contributed by atoms with Gasteiger partial charge >= 0.3 is 0 Å². The summed E-state index contributed by atoms with van der Waals surface area (Å²) >= 11 is 0. The summed E-state index contributed by atoms with van der Waals surface area (Å²) in [4.78, 5) is 2.38. The predicted octanol–water partition coefficient (Wildman–Crippen LogP) is 3.43. The van der Waals surface area contributed by atoms with Crippen LogP contribution >= 0.6 is 0 Å². The maximum absolute atomic E-state index is 5.28. The highest BCUT2D eigenvalue weighted by molar-refractivity contribution is 6.76. The highest BCUT2D eigenvalue weighted by atomic mass is 28.3. The van der Waals surface area contributed by atoms with Crippen LogP contribution in [0.4, 0.5) is 0 Å². The first kappa shape index (κ1) is 14.4. The van der Waals surface area contributed by atoms with Gasteiger partial charge in [-0.15, -0.1) is 0 Å². The van der Waals surface area contributed by atoms with Crippen LogP contribution in [0, 0.1) is 0 Å². The summed E-state index contributed by atoms with van der Waals surface area (Å²) in [5.74, 6) is 0. The molecule has 0 bridgehead atoms. The number of benzene rings is 1. The van der Waals surface area contributed by atoms with Gasteiger partial charge in [-0.05, 0) is 18.2 Å². The van der Waals surface area contributed by atoms with Gasteiger partial charge in [-0.2, -0.15) is 0 Å². The van der Waals surface area contributed by atoms with Gasteiger partial charge in [0, 0.05) is 21.7 Å². The second kappa shape index (κ2) is 6.94. The molecule has 0 N–H and O–H groups in total. The molecule has 0 aliphatic carbocycles. The molecule has 1 aromatic carbocycles. The van der Waals surface area contributed by atoms with Crippen LogP contribution in [0.25, 0.3) is 0 Å². The highest BCUT2D eigenvalue weighted by Crippen LogP contribution is 2.11. The van der Waals surface area contributed by atoms with Crippen molar-refractivity contribution in [3.05, 3.63) is 35.9 Å². The maximum Gasteiger partial charge on any atom is 0.0989 e. The monoisotopic (exact) mass is 251 g/mol. The van der Waals surface area contributed by atoms with Crippen LogP contribution in [0.15, 0.2) is 30.3 Å². The number of nitrogens with zero attached hydrogens (tertiary/aromatic N) is 1. The third kappa shape index (κ3) is 6.61. The van der Waals surface area contributed by atoms with Gasteiger partial charge in [0.1, 0.15) is 0 Å². The minimum atomic E-state index is -0.963. The maximum atomic E-state index is 5.28. The van der Waals surface area contributed by atoms with Crippen molar-refractivity contribution in [2.45, 2.75) is 32.2 Å². The molecule has 0 spiro atoms. The van der Waals surface area contributed by atoms with Crippen molar-refractivity contribution in [3.63, 3.8) is 0 Å². The number of ether oxygens (including phenoxy) is 1. The molecular weight excluding hydrogens is 226 g/mol. The second-order valence-electron chi connectivity index (χ2n) is 5.77. The molecule has 3 heteroatoms. The standard InChI is InChI=1S/C14H25NOSi/c1-16-13-15(10-11-17(2,3)4)12-14-8-6-5-7-9-14/h5-9H,10-13H2,1-4H3. The summed E-state index contributed by atoms with van der Waals surface area (Å²) in [6, 6.07) is 11.9. The fourth-order valence-electron chi connectivity index (χ4n) is 1.71. The molecule has 0 saturated carbocycles. The van der Waals surface area contributed by atoms with Crippen molar-refractivity contribution >= 4 is 8.07 Å². The Morgan fingerprint density at radius 1 is 1.12 bits per heavy atom. The number of rotatable bonds is 7. The molecule has 17 heavy (non-hydrogen) atoms. The summed E-state index contributed by atoms with van der Waals surface area (Å²) < 4.78 is 5.28. The Morgan fingerprint density at radius 2 is 1.76 bits per heavy atom. The Bertz CT molecular complexity index is 308. The van der Waals surface area contributed by atoms with E-state index in [0.717, 1.165) is 19.8 Å². The van der Waals surface area contributed by atoms with Crippen LogP contribution in [-0.2, 0) is 11.3 Å². The molecule has 0 radical (unpaired) electrons. The Morgan fingerprint density at radius 3 is 2.29 bits per heavy atom. The first-order chi connectivity index (χ1) is 8.01. The Labute approximate surface area is 107 Å². The molecular formula is C14H25NOSi. The molecule has 0 amide bonds. The third-order valence-electron chi connectivity index (χ3n) is 2.74. The molecule has 1 rings (SSSR count). The van der Waals surface area contributed by atoms with Gasteiger partial charge in [0.05, 0.1) is 6.73 Å². The van der Waals surface area contributed by atoms with Gasteiger partial charge < -0.3 is 4.74 Å². The highest BCUT2D eigenvalue weighted by Gasteiger charge is 2.15. The van der Waals surface area contributed by atoms with Gasteiger partial charge in [-0.25, -0.2) is 0 Å². The van der Waals surface area contributed by atoms with Gasteiger partial charge in [-0.1, -0.05) is 50.0 Å². The van der Waals surface area contributed by atoms with E-state index in [2.05, 4.69) is 54.9 Å². The lowest BCUT2D eigenvalue weighted by molar-refractivity contribution is 0.0616. The van der Waals surface area contributed by atoms with E-state index in [4.69, 9.17) is 4.74 Å². The van der Waals surface area contributed by atoms with E-state index in [1.165, 1.54) is 11.6 Å². The molecule has 0 unspecified atom stereocenters. The van der Waals surface area contributed by atoms with Crippen molar-refractivity contribution in [2.24, 2.45) is 0 Å². The lowest BCUT2D eigenvalue weighted by atomic mass is 10.2. The van der Waals surface area contributed by atoms with Crippen LogP contribution in [-0.4, -0.2) is 33.4 Å². The quantitative estimate of drug-likeness (QED) is 0.544. The third-order valence-corrected chi connectivity index (χ3v) is 4.46. The smallest absolute Gasteiger partial charge is 0.0989 e. The second-order valence-corrected chi connectivity index (χ2v) is 11.4. The van der Waals surface area contributed by atoms with E-state index in [-0.39, 0.29) is 0 Å². The topological polar surface area (TPSA) is 12.5 Å². The Balaban J connectivity index is 2.49. The van der Waals surface area contributed by atoms with E-state index in [0.29, 0.717) is 0 Å². The molecule has 0 aromatic heterocycles. The number of methoxy groups -OCH3 is 1. The van der Waals surface area contributed by atoms with Gasteiger partial charge in [0.2, 0.25) is 0 Å². The van der Waals surface area contributed by atoms with E-state index in [1.807, 2.05) is 0 Å². The summed E-state index contributed by atoms with van der Waals surface area (Å²) in [6.45, 7) is 10.1. The van der Waals surface area contributed by atoms with Crippen molar-refractivity contribution in [1.82, 2.24) is 4.90 Å². The Kier molecular flexibility index (Phi) is 5.89. The van der Waals surface area contributed by atoms with Crippen LogP contribution in [0.3, 0.4) is 0 Å². The SMILES string of the molecule is COCN(CC[Si](C)(C)C)Cc1ccccc1. The molecule has 0 fully saturated rings. The van der Waals surface area contributed by atoms with E-state index in [9.17, 15) is 0 Å². The Hall–Kier alpha value is -0.643. The van der Waals surface area contributed by atoms with Crippen LogP contribution in [0.2, 0.25) is 25.7 Å². The fraction of sp³-hybridized carbons (Fsp3) is 0.571. The molecule has 0 atom stereocenters. The van der Waals surface area contributed by atoms with Gasteiger partial charge in [0.15, 0.2) is 0 Å². The minimum absolute atomic E-state index is 0.722. The first-order valence-corrected chi connectivity index (χ1v) is 9.97. The molecule has 96 valence electrons. The lowest BCUT2D eigenvalue weighted by Crippen LogP contribution is -2.32. The average Bonchev–Trinajstić information content (AvgIpc) is 2.27. The zero-order valence-electron chi connectivity index (χ0n) is 11.6. The van der Waals surface area contributed by atoms with Crippen molar-refractivity contribution in [3.8, 4) is 0 Å². The fourth-order valence-corrected chi connectivity index (χ4v) is 2.69. The van der Waals surface area contributed by atoms with Crippen LogP contribution in [0.5, 0.6) is 0 Å². The minimum Gasteiger partial charge on any atom is -0.369 e. The molecule has 0 saturated heterocycles. The molecule has 0 heterocycles. The molecule has 1 aromatic rings. The molecule has 2 nitrogen and oxygen atoms in total. The summed E-state index contributed by atoms with van der Waals surface area (Å²) in [5.41, 5.74) is 1.36. The van der Waals surface area contributed by atoms with Crippen LogP contribution in [0.1, 0.15) is 5.56 Å². The summed E-state index contributed by atoms with van der Waals surface area (Å²) in [7, 11) is 0.807. The number of hydrogen-bond donors (Lipinski definition) is 0.